The molecule has 1 saturated heterocycles. The van der Waals surface area contributed by atoms with Crippen molar-refractivity contribution in [2.75, 3.05) is 18.0 Å². The van der Waals surface area contributed by atoms with E-state index in [1.807, 2.05) is 36.2 Å². The third-order valence-corrected chi connectivity index (χ3v) is 4.93. The van der Waals surface area contributed by atoms with Crippen molar-refractivity contribution in [3.8, 4) is 0 Å². The molecule has 0 unspecified atom stereocenters. The molecule has 0 spiro atoms. The summed E-state index contributed by atoms with van der Waals surface area (Å²) in [5, 5.41) is 1.08. The second-order valence-electron chi connectivity index (χ2n) is 6.70. The minimum Gasteiger partial charge on any atom is -0.346 e. The van der Waals surface area contributed by atoms with Crippen LogP contribution in [0, 0.1) is 6.92 Å². The summed E-state index contributed by atoms with van der Waals surface area (Å²) in [5.41, 5.74) is 3.27. The standard InChI is InChI=1S/C20H22N4O/c1-14-3-5-16(6-4-14)13-23-11-12-24(15(2)20(23)25)18-8-7-17-9-10-21-19(17)22-18/h3-10,15H,11-13H2,1-2H3,(H,21,22)/t15-/m1/s1. The highest BCUT2D eigenvalue weighted by Gasteiger charge is 2.32. The summed E-state index contributed by atoms with van der Waals surface area (Å²) >= 11 is 0. The van der Waals surface area contributed by atoms with Crippen LogP contribution in [0.3, 0.4) is 0 Å². The van der Waals surface area contributed by atoms with Gasteiger partial charge in [0.15, 0.2) is 0 Å². The zero-order valence-corrected chi connectivity index (χ0v) is 14.6. The van der Waals surface area contributed by atoms with Crippen molar-refractivity contribution in [3.63, 3.8) is 0 Å². The number of hydrogen-bond donors (Lipinski definition) is 1. The van der Waals surface area contributed by atoms with Crippen molar-refractivity contribution < 1.29 is 4.79 Å². The molecule has 128 valence electrons. The fourth-order valence-corrected chi connectivity index (χ4v) is 3.39. The number of nitrogens with zero attached hydrogens (tertiary/aromatic N) is 3. The van der Waals surface area contributed by atoms with Gasteiger partial charge in [0.2, 0.25) is 5.91 Å². The minimum atomic E-state index is -0.209. The van der Waals surface area contributed by atoms with Gasteiger partial charge >= 0.3 is 0 Å². The average Bonchev–Trinajstić information content (AvgIpc) is 3.09. The van der Waals surface area contributed by atoms with Crippen molar-refractivity contribution in [3.05, 3.63) is 59.8 Å². The molecular formula is C20H22N4O. The molecule has 1 aliphatic rings. The number of aromatic amines is 1. The fourth-order valence-electron chi connectivity index (χ4n) is 3.39. The number of pyridine rings is 1. The van der Waals surface area contributed by atoms with Crippen molar-refractivity contribution in [2.24, 2.45) is 0 Å². The van der Waals surface area contributed by atoms with Gasteiger partial charge in [-0.05, 0) is 37.6 Å². The van der Waals surface area contributed by atoms with E-state index < -0.39 is 0 Å². The normalized spacial score (nSPS) is 18.2. The number of rotatable bonds is 3. The van der Waals surface area contributed by atoms with Gasteiger partial charge in [-0.25, -0.2) is 4.98 Å². The molecular weight excluding hydrogens is 312 g/mol. The summed E-state index contributed by atoms with van der Waals surface area (Å²) < 4.78 is 0. The van der Waals surface area contributed by atoms with Crippen molar-refractivity contribution >= 4 is 22.8 Å². The van der Waals surface area contributed by atoms with Gasteiger partial charge in [0.25, 0.3) is 0 Å². The second kappa shape index (κ2) is 6.24. The number of piperazine rings is 1. The number of benzene rings is 1. The van der Waals surface area contributed by atoms with Crippen LogP contribution in [0.4, 0.5) is 5.82 Å². The molecule has 2 aromatic heterocycles. The first-order valence-electron chi connectivity index (χ1n) is 8.67. The topological polar surface area (TPSA) is 52.2 Å². The Morgan fingerprint density at radius 2 is 1.92 bits per heavy atom. The summed E-state index contributed by atoms with van der Waals surface area (Å²) in [6, 6.07) is 14.2. The highest BCUT2D eigenvalue weighted by Crippen LogP contribution is 2.23. The zero-order chi connectivity index (χ0) is 17.4. The molecule has 0 saturated carbocycles. The average molecular weight is 334 g/mol. The molecule has 1 N–H and O–H groups in total. The van der Waals surface area contributed by atoms with Gasteiger partial charge in [-0.15, -0.1) is 0 Å². The molecule has 1 atom stereocenters. The number of aromatic nitrogens is 2. The molecule has 4 rings (SSSR count). The monoisotopic (exact) mass is 334 g/mol. The third-order valence-electron chi connectivity index (χ3n) is 4.93. The summed E-state index contributed by atoms with van der Waals surface area (Å²) in [7, 11) is 0. The Morgan fingerprint density at radius 3 is 2.72 bits per heavy atom. The summed E-state index contributed by atoms with van der Waals surface area (Å²) in [5.74, 6) is 1.01. The predicted molar refractivity (Wildman–Crippen MR) is 99.5 cm³/mol. The van der Waals surface area contributed by atoms with E-state index in [-0.39, 0.29) is 11.9 Å². The molecule has 1 aromatic carbocycles. The molecule has 0 radical (unpaired) electrons. The van der Waals surface area contributed by atoms with Crippen LogP contribution in [0.5, 0.6) is 0 Å². The maximum Gasteiger partial charge on any atom is 0.245 e. The van der Waals surface area contributed by atoms with Crippen LogP contribution >= 0.6 is 0 Å². The predicted octanol–water partition coefficient (Wildman–Crippen LogP) is 3.11. The number of carbonyl (C=O) groups excluding carboxylic acids is 1. The maximum atomic E-state index is 12.8. The number of hydrogen-bond acceptors (Lipinski definition) is 3. The van der Waals surface area contributed by atoms with E-state index >= 15 is 0 Å². The fraction of sp³-hybridized carbons (Fsp3) is 0.300. The third kappa shape index (κ3) is 2.97. The van der Waals surface area contributed by atoms with Gasteiger partial charge in [0.05, 0.1) is 0 Å². The van der Waals surface area contributed by atoms with E-state index in [4.69, 9.17) is 0 Å². The number of anilines is 1. The van der Waals surface area contributed by atoms with E-state index in [0.29, 0.717) is 13.1 Å². The summed E-state index contributed by atoms with van der Waals surface area (Å²) in [6.45, 7) is 6.20. The van der Waals surface area contributed by atoms with Gasteiger partial charge in [0, 0.05) is 31.2 Å². The van der Waals surface area contributed by atoms with Crippen LogP contribution in [-0.4, -0.2) is 39.9 Å². The second-order valence-corrected chi connectivity index (χ2v) is 6.70. The lowest BCUT2D eigenvalue weighted by Crippen LogP contribution is -2.55. The number of fused-ring (bicyclic) bond motifs is 1. The van der Waals surface area contributed by atoms with Gasteiger partial charge in [0.1, 0.15) is 17.5 Å². The highest BCUT2D eigenvalue weighted by molar-refractivity contribution is 5.86. The molecule has 1 aliphatic heterocycles. The van der Waals surface area contributed by atoms with Crippen molar-refractivity contribution in [2.45, 2.75) is 26.4 Å². The van der Waals surface area contributed by atoms with Gasteiger partial charge < -0.3 is 14.8 Å². The number of amides is 1. The molecule has 0 aliphatic carbocycles. The highest BCUT2D eigenvalue weighted by atomic mass is 16.2. The van der Waals surface area contributed by atoms with E-state index in [2.05, 4.69) is 46.1 Å². The largest absolute Gasteiger partial charge is 0.346 e. The van der Waals surface area contributed by atoms with Crippen molar-refractivity contribution in [1.82, 2.24) is 14.9 Å². The number of H-pyrrole nitrogens is 1. The Balaban J connectivity index is 1.51. The number of carbonyl (C=O) groups is 1. The van der Waals surface area contributed by atoms with Crippen LogP contribution < -0.4 is 4.90 Å². The van der Waals surface area contributed by atoms with Crippen molar-refractivity contribution in [1.29, 1.82) is 0 Å². The van der Waals surface area contributed by atoms with Crippen LogP contribution in [0.25, 0.3) is 11.0 Å². The lowest BCUT2D eigenvalue weighted by molar-refractivity contribution is -0.134. The van der Waals surface area contributed by atoms with E-state index in [0.717, 1.165) is 23.4 Å². The Kier molecular flexibility index (Phi) is 3.92. The first-order chi connectivity index (χ1) is 12.1. The molecule has 1 amide bonds. The van der Waals surface area contributed by atoms with Crippen LogP contribution in [0.1, 0.15) is 18.1 Å². The Bertz CT molecular complexity index is 899. The van der Waals surface area contributed by atoms with Crippen LogP contribution in [0.15, 0.2) is 48.7 Å². The van der Waals surface area contributed by atoms with E-state index in [9.17, 15) is 4.79 Å². The summed E-state index contributed by atoms with van der Waals surface area (Å²) in [6.07, 6.45) is 1.88. The molecule has 5 heteroatoms. The first-order valence-corrected chi connectivity index (χ1v) is 8.67. The molecule has 0 bridgehead atoms. The quantitative estimate of drug-likeness (QED) is 0.801. The van der Waals surface area contributed by atoms with E-state index in [1.54, 1.807) is 0 Å². The van der Waals surface area contributed by atoms with Gasteiger partial charge in [-0.2, -0.15) is 0 Å². The van der Waals surface area contributed by atoms with Crippen LogP contribution in [-0.2, 0) is 11.3 Å². The minimum absolute atomic E-state index is 0.153. The van der Waals surface area contributed by atoms with Crippen LogP contribution in [0.2, 0.25) is 0 Å². The lowest BCUT2D eigenvalue weighted by atomic mass is 10.1. The van der Waals surface area contributed by atoms with Gasteiger partial charge in [-0.1, -0.05) is 29.8 Å². The van der Waals surface area contributed by atoms with Gasteiger partial charge in [-0.3, -0.25) is 4.79 Å². The smallest absolute Gasteiger partial charge is 0.245 e. The number of aryl methyl sites for hydroxylation is 1. The maximum absolute atomic E-state index is 12.8. The van der Waals surface area contributed by atoms with E-state index in [1.165, 1.54) is 11.1 Å². The molecule has 1 fully saturated rings. The first kappa shape index (κ1) is 15.7. The molecule has 3 heterocycles. The Labute approximate surface area is 147 Å². The summed E-state index contributed by atoms with van der Waals surface area (Å²) in [4.78, 5) is 24.7. The number of nitrogens with one attached hydrogen (secondary N) is 1. The molecule has 3 aromatic rings. The Morgan fingerprint density at radius 1 is 1.12 bits per heavy atom. The molecule has 5 nitrogen and oxygen atoms in total. The lowest BCUT2D eigenvalue weighted by Gasteiger charge is -2.39. The Hall–Kier alpha value is -2.82. The zero-order valence-electron chi connectivity index (χ0n) is 14.6. The molecule has 25 heavy (non-hydrogen) atoms. The SMILES string of the molecule is Cc1ccc(CN2CCN(c3ccc4cc[nH]c4n3)[C@H](C)C2=O)cc1.